The Morgan fingerprint density at radius 2 is 1.77 bits per heavy atom. The van der Waals surface area contributed by atoms with Crippen LogP contribution >= 0.6 is 0 Å². The van der Waals surface area contributed by atoms with Crippen molar-refractivity contribution in [2.24, 2.45) is 0 Å². The molecule has 3 aromatic rings. The largest absolute Gasteiger partial charge is 0.324 e. The van der Waals surface area contributed by atoms with Crippen LogP contribution < -0.4 is 10.6 Å². The first-order valence-electron chi connectivity index (χ1n) is 9.00. The van der Waals surface area contributed by atoms with Crippen LogP contribution in [0.5, 0.6) is 0 Å². The Bertz CT molecular complexity index is 913. The molecule has 0 bridgehead atoms. The summed E-state index contributed by atoms with van der Waals surface area (Å²) in [6.45, 7) is 1.97. The first-order chi connectivity index (χ1) is 12.7. The van der Waals surface area contributed by atoms with E-state index >= 15 is 0 Å². The molecule has 1 heterocycles. The quantitative estimate of drug-likeness (QED) is 0.691. The van der Waals surface area contributed by atoms with Crippen molar-refractivity contribution in [1.82, 2.24) is 9.78 Å². The predicted octanol–water partition coefficient (Wildman–Crippen LogP) is 5.09. The van der Waals surface area contributed by atoms with Crippen LogP contribution in [0.4, 0.5) is 16.3 Å². The van der Waals surface area contributed by atoms with Crippen molar-refractivity contribution in [3.8, 4) is 5.69 Å². The number of benzene rings is 2. The van der Waals surface area contributed by atoms with E-state index in [1.807, 2.05) is 72.3 Å². The average molecular weight is 346 g/mol. The van der Waals surface area contributed by atoms with Crippen LogP contribution in [0.1, 0.15) is 36.4 Å². The summed E-state index contributed by atoms with van der Waals surface area (Å²) in [6.07, 6.45) is 3.58. The van der Waals surface area contributed by atoms with Gasteiger partial charge in [-0.15, -0.1) is 0 Å². The van der Waals surface area contributed by atoms with Gasteiger partial charge in [-0.2, -0.15) is 5.10 Å². The number of carbonyl (C=O) groups excluding carboxylic acids is 1. The summed E-state index contributed by atoms with van der Waals surface area (Å²) in [7, 11) is 0. The third kappa shape index (κ3) is 3.33. The summed E-state index contributed by atoms with van der Waals surface area (Å²) in [6, 6.07) is 19.3. The molecule has 2 N–H and O–H groups in total. The highest BCUT2D eigenvalue weighted by Gasteiger charge is 2.24. The Labute approximate surface area is 153 Å². The molecule has 5 nitrogen and oxygen atoms in total. The molecule has 1 aromatic heterocycles. The highest BCUT2D eigenvalue weighted by atomic mass is 16.2. The van der Waals surface area contributed by atoms with Crippen molar-refractivity contribution in [2.75, 3.05) is 10.6 Å². The van der Waals surface area contributed by atoms with E-state index in [0.717, 1.165) is 22.6 Å². The van der Waals surface area contributed by atoms with Gasteiger partial charge in [0.1, 0.15) is 5.82 Å². The Kier molecular flexibility index (Phi) is 4.44. The number of carbonyl (C=O) groups is 1. The van der Waals surface area contributed by atoms with Crippen LogP contribution in [-0.2, 0) is 0 Å². The molecule has 2 aromatic carbocycles. The number of para-hydroxylation sites is 2. The molecule has 5 heteroatoms. The Morgan fingerprint density at radius 1 is 1.04 bits per heavy atom. The van der Waals surface area contributed by atoms with E-state index in [1.165, 1.54) is 19.3 Å². The summed E-state index contributed by atoms with van der Waals surface area (Å²) >= 11 is 0. The second kappa shape index (κ2) is 7.04. The van der Waals surface area contributed by atoms with Crippen LogP contribution in [-0.4, -0.2) is 15.8 Å². The molecule has 26 heavy (non-hydrogen) atoms. The van der Waals surface area contributed by atoms with Crippen molar-refractivity contribution in [3.63, 3.8) is 0 Å². The summed E-state index contributed by atoms with van der Waals surface area (Å²) in [4.78, 5) is 12.5. The number of nitrogens with one attached hydrogen (secondary N) is 2. The van der Waals surface area contributed by atoms with Crippen LogP contribution in [0.3, 0.4) is 0 Å². The molecule has 1 aliphatic carbocycles. The second-order valence-electron chi connectivity index (χ2n) is 6.72. The number of hydrogen-bond donors (Lipinski definition) is 2. The molecule has 1 saturated carbocycles. The number of amides is 2. The van der Waals surface area contributed by atoms with Gasteiger partial charge in [0.25, 0.3) is 0 Å². The van der Waals surface area contributed by atoms with E-state index in [4.69, 9.17) is 5.10 Å². The van der Waals surface area contributed by atoms with Gasteiger partial charge in [0, 0.05) is 17.7 Å². The molecule has 0 saturated heterocycles. The van der Waals surface area contributed by atoms with E-state index < -0.39 is 0 Å². The first kappa shape index (κ1) is 16.4. The second-order valence-corrected chi connectivity index (χ2v) is 6.72. The lowest BCUT2D eigenvalue weighted by molar-refractivity contribution is 0.262. The molecule has 0 aliphatic heterocycles. The number of aryl methyl sites for hydroxylation is 1. The smallest absolute Gasteiger partial charge is 0.307 e. The van der Waals surface area contributed by atoms with Crippen LogP contribution in [0.15, 0.2) is 60.7 Å². The zero-order valence-electron chi connectivity index (χ0n) is 14.8. The van der Waals surface area contributed by atoms with Crippen molar-refractivity contribution in [1.29, 1.82) is 0 Å². The standard InChI is InChI=1S/C21H22N4O/c1-15-8-5-6-13-18(15)22-21(26)23-20-14-19(16-9-7-10-16)24-25(20)17-11-3-2-4-12-17/h2-6,8,11-14,16H,7,9-10H2,1H3,(H2,22,23,26). The molecule has 4 rings (SSSR count). The van der Waals surface area contributed by atoms with E-state index in [-0.39, 0.29) is 6.03 Å². The van der Waals surface area contributed by atoms with Crippen LogP contribution in [0.25, 0.3) is 5.69 Å². The SMILES string of the molecule is Cc1ccccc1NC(=O)Nc1cc(C2CCC2)nn1-c1ccccc1. The average Bonchev–Trinajstić information content (AvgIpc) is 2.99. The molecular formula is C21H22N4O. The minimum atomic E-state index is -0.267. The highest BCUT2D eigenvalue weighted by Crippen LogP contribution is 2.37. The minimum absolute atomic E-state index is 0.267. The fourth-order valence-electron chi connectivity index (χ4n) is 3.14. The van der Waals surface area contributed by atoms with Crippen molar-refractivity contribution < 1.29 is 4.79 Å². The molecule has 2 amide bonds. The molecule has 0 atom stereocenters. The van der Waals surface area contributed by atoms with Crippen LogP contribution in [0.2, 0.25) is 0 Å². The Hall–Kier alpha value is -3.08. The van der Waals surface area contributed by atoms with Gasteiger partial charge in [-0.05, 0) is 43.5 Å². The maximum Gasteiger partial charge on any atom is 0.324 e. The van der Waals surface area contributed by atoms with E-state index in [1.54, 1.807) is 0 Å². The van der Waals surface area contributed by atoms with Crippen molar-refractivity contribution >= 4 is 17.5 Å². The Balaban J connectivity index is 1.59. The van der Waals surface area contributed by atoms with Gasteiger partial charge in [-0.25, -0.2) is 9.48 Å². The molecular weight excluding hydrogens is 324 g/mol. The van der Waals surface area contributed by atoms with E-state index in [2.05, 4.69) is 10.6 Å². The van der Waals surface area contributed by atoms with E-state index in [0.29, 0.717) is 11.7 Å². The van der Waals surface area contributed by atoms with Gasteiger partial charge in [0.2, 0.25) is 0 Å². The van der Waals surface area contributed by atoms with Gasteiger partial charge in [0.05, 0.1) is 11.4 Å². The third-order valence-corrected chi connectivity index (χ3v) is 4.89. The highest BCUT2D eigenvalue weighted by molar-refractivity contribution is 5.99. The third-order valence-electron chi connectivity index (χ3n) is 4.89. The number of hydrogen-bond acceptors (Lipinski definition) is 2. The summed E-state index contributed by atoms with van der Waals surface area (Å²) in [5.41, 5.74) is 3.81. The summed E-state index contributed by atoms with van der Waals surface area (Å²) < 4.78 is 1.81. The maximum absolute atomic E-state index is 12.5. The fourth-order valence-corrected chi connectivity index (χ4v) is 3.14. The summed E-state index contributed by atoms with van der Waals surface area (Å²) in [5, 5.41) is 10.6. The lowest BCUT2D eigenvalue weighted by Gasteiger charge is -2.22. The van der Waals surface area contributed by atoms with Gasteiger partial charge in [-0.1, -0.05) is 42.8 Å². The van der Waals surface area contributed by atoms with Crippen molar-refractivity contribution in [3.05, 3.63) is 71.9 Å². The number of urea groups is 1. The molecule has 1 fully saturated rings. The topological polar surface area (TPSA) is 59.0 Å². The fraction of sp³-hybridized carbons (Fsp3) is 0.238. The first-order valence-corrected chi connectivity index (χ1v) is 9.00. The molecule has 0 spiro atoms. The lowest BCUT2D eigenvalue weighted by atomic mass is 9.83. The van der Waals surface area contributed by atoms with Crippen LogP contribution in [0, 0.1) is 6.92 Å². The van der Waals surface area contributed by atoms with Gasteiger partial charge >= 0.3 is 6.03 Å². The molecule has 132 valence electrons. The number of anilines is 2. The predicted molar refractivity (Wildman–Crippen MR) is 104 cm³/mol. The molecule has 0 unspecified atom stereocenters. The van der Waals surface area contributed by atoms with Gasteiger partial charge in [0.15, 0.2) is 0 Å². The zero-order valence-corrected chi connectivity index (χ0v) is 14.8. The monoisotopic (exact) mass is 346 g/mol. The number of nitrogens with zero attached hydrogens (tertiary/aromatic N) is 2. The normalized spacial score (nSPS) is 13.9. The minimum Gasteiger partial charge on any atom is -0.307 e. The van der Waals surface area contributed by atoms with Gasteiger partial charge < -0.3 is 5.32 Å². The van der Waals surface area contributed by atoms with E-state index in [9.17, 15) is 4.79 Å². The van der Waals surface area contributed by atoms with Gasteiger partial charge in [-0.3, -0.25) is 5.32 Å². The molecule has 1 aliphatic rings. The molecule has 0 radical (unpaired) electrons. The zero-order chi connectivity index (χ0) is 17.9. The maximum atomic E-state index is 12.5. The Morgan fingerprint density at radius 3 is 2.46 bits per heavy atom. The number of rotatable bonds is 4. The lowest BCUT2D eigenvalue weighted by Crippen LogP contribution is -2.21. The van der Waals surface area contributed by atoms with Crippen molar-refractivity contribution in [2.45, 2.75) is 32.1 Å². The summed E-state index contributed by atoms with van der Waals surface area (Å²) in [5.74, 6) is 1.18. The number of aromatic nitrogens is 2.